The molecular weight excluding hydrogens is 344 g/mol. The highest BCUT2D eigenvalue weighted by Gasteiger charge is 2.15. The van der Waals surface area contributed by atoms with E-state index in [1.54, 1.807) is 13.0 Å². The van der Waals surface area contributed by atoms with Crippen LogP contribution < -0.4 is 10.6 Å². The van der Waals surface area contributed by atoms with Crippen molar-refractivity contribution in [3.05, 3.63) is 63.8 Å². The van der Waals surface area contributed by atoms with Gasteiger partial charge in [-0.2, -0.15) is 5.26 Å². The molecule has 0 spiro atoms. The van der Waals surface area contributed by atoms with Crippen molar-refractivity contribution in [1.29, 1.82) is 10.7 Å². The molecule has 0 saturated carbocycles. The van der Waals surface area contributed by atoms with Crippen molar-refractivity contribution in [2.24, 2.45) is 5.73 Å². The third kappa shape index (κ3) is 3.89. The first-order chi connectivity index (χ1) is 12.3. The van der Waals surface area contributed by atoms with Gasteiger partial charge in [0.1, 0.15) is 6.07 Å². The van der Waals surface area contributed by atoms with Gasteiger partial charge in [0.15, 0.2) is 0 Å². The third-order valence-corrected chi connectivity index (χ3v) is 4.57. The molecule has 0 amide bonds. The SMILES string of the molecule is CCN(c1ccc(C#N)c(Cl)c1)c1cc(C(C(C)=N)=C(C)N)ccc1C. The van der Waals surface area contributed by atoms with Crippen LogP contribution in [0.25, 0.3) is 5.57 Å². The fourth-order valence-electron chi connectivity index (χ4n) is 3.05. The minimum absolute atomic E-state index is 0.435. The Labute approximate surface area is 160 Å². The van der Waals surface area contributed by atoms with Gasteiger partial charge in [-0.1, -0.05) is 23.7 Å². The maximum Gasteiger partial charge on any atom is 0.101 e. The van der Waals surface area contributed by atoms with Gasteiger partial charge in [0, 0.05) is 34.9 Å². The summed E-state index contributed by atoms with van der Waals surface area (Å²) < 4.78 is 0. The standard InChI is InChI=1S/C21H23ClN4/c1-5-26(18-9-8-17(12-23)19(22)11-18)20-10-16(7-6-13(20)2)21(14(3)24)15(4)25/h6-11,24H,5,25H2,1-4H3. The largest absolute Gasteiger partial charge is 0.402 e. The Morgan fingerprint density at radius 3 is 2.42 bits per heavy atom. The van der Waals surface area contributed by atoms with E-state index in [2.05, 4.69) is 24.0 Å². The van der Waals surface area contributed by atoms with Crippen molar-refractivity contribution in [2.75, 3.05) is 11.4 Å². The van der Waals surface area contributed by atoms with Crippen LogP contribution >= 0.6 is 11.6 Å². The lowest BCUT2D eigenvalue weighted by atomic mass is 9.97. The monoisotopic (exact) mass is 366 g/mol. The molecule has 134 valence electrons. The second-order valence-electron chi connectivity index (χ2n) is 6.20. The summed E-state index contributed by atoms with van der Waals surface area (Å²) in [5, 5.41) is 17.6. The van der Waals surface area contributed by atoms with Gasteiger partial charge in [0.05, 0.1) is 10.6 Å². The molecule has 0 saturated heterocycles. The maximum atomic E-state index is 9.08. The molecule has 2 aromatic rings. The summed E-state index contributed by atoms with van der Waals surface area (Å²) >= 11 is 6.22. The molecule has 2 aromatic carbocycles. The second kappa shape index (κ2) is 8.07. The van der Waals surface area contributed by atoms with E-state index in [1.807, 2.05) is 38.1 Å². The van der Waals surface area contributed by atoms with Gasteiger partial charge in [0.25, 0.3) is 0 Å². The van der Waals surface area contributed by atoms with Crippen LogP contribution in [-0.4, -0.2) is 12.3 Å². The number of hydrogen-bond donors (Lipinski definition) is 2. The lowest BCUT2D eigenvalue weighted by Crippen LogP contribution is -2.17. The average Bonchev–Trinajstić information content (AvgIpc) is 2.57. The topological polar surface area (TPSA) is 76.9 Å². The Balaban J connectivity index is 2.60. The van der Waals surface area contributed by atoms with Crippen LogP contribution in [0.2, 0.25) is 5.02 Å². The van der Waals surface area contributed by atoms with E-state index in [0.29, 0.717) is 22.0 Å². The highest BCUT2D eigenvalue weighted by molar-refractivity contribution is 6.32. The van der Waals surface area contributed by atoms with Gasteiger partial charge in [-0.25, -0.2) is 0 Å². The third-order valence-electron chi connectivity index (χ3n) is 4.26. The van der Waals surface area contributed by atoms with E-state index >= 15 is 0 Å². The number of allylic oxidation sites excluding steroid dienone is 2. The number of anilines is 2. The number of aryl methyl sites for hydroxylation is 1. The van der Waals surface area contributed by atoms with Gasteiger partial charge < -0.3 is 16.0 Å². The molecule has 0 radical (unpaired) electrons. The van der Waals surface area contributed by atoms with E-state index < -0.39 is 0 Å². The second-order valence-corrected chi connectivity index (χ2v) is 6.61. The van der Waals surface area contributed by atoms with Crippen molar-refractivity contribution in [2.45, 2.75) is 27.7 Å². The minimum atomic E-state index is 0.435. The number of hydrogen-bond acceptors (Lipinski definition) is 4. The smallest absolute Gasteiger partial charge is 0.101 e. The maximum absolute atomic E-state index is 9.08. The summed E-state index contributed by atoms with van der Waals surface area (Å²) in [6.45, 7) is 8.39. The highest BCUT2D eigenvalue weighted by atomic mass is 35.5. The number of nitrogens with zero attached hydrogens (tertiary/aromatic N) is 2. The molecule has 0 fully saturated rings. The first-order valence-corrected chi connectivity index (χ1v) is 8.78. The van der Waals surface area contributed by atoms with E-state index in [4.69, 9.17) is 28.0 Å². The number of benzene rings is 2. The highest BCUT2D eigenvalue weighted by Crippen LogP contribution is 2.33. The summed E-state index contributed by atoms with van der Waals surface area (Å²) in [7, 11) is 0. The van der Waals surface area contributed by atoms with Gasteiger partial charge in [-0.3, -0.25) is 0 Å². The van der Waals surface area contributed by atoms with Crippen LogP contribution in [0, 0.1) is 23.7 Å². The molecule has 4 nitrogen and oxygen atoms in total. The van der Waals surface area contributed by atoms with Crippen molar-refractivity contribution in [3.63, 3.8) is 0 Å². The summed E-state index contributed by atoms with van der Waals surface area (Å²) in [5.74, 6) is 0. The normalized spacial score (nSPS) is 11.5. The molecular formula is C21H23ClN4. The zero-order chi connectivity index (χ0) is 19.4. The Morgan fingerprint density at radius 2 is 1.92 bits per heavy atom. The minimum Gasteiger partial charge on any atom is -0.402 e. The fourth-order valence-corrected chi connectivity index (χ4v) is 3.27. The molecule has 3 N–H and O–H groups in total. The van der Waals surface area contributed by atoms with Gasteiger partial charge in [-0.05, 0) is 63.1 Å². The van der Waals surface area contributed by atoms with Gasteiger partial charge >= 0.3 is 0 Å². The van der Waals surface area contributed by atoms with Crippen LogP contribution in [-0.2, 0) is 0 Å². The summed E-state index contributed by atoms with van der Waals surface area (Å²) in [4.78, 5) is 2.13. The molecule has 0 heterocycles. The number of halogens is 1. The summed E-state index contributed by atoms with van der Waals surface area (Å²) in [6, 6.07) is 13.6. The predicted molar refractivity (Wildman–Crippen MR) is 110 cm³/mol. The lowest BCUT2D eigenvalue weighted by molar-refractivity contribution is 1.01. The van der Waals surface area contributed by atoms with Gasteiger partial charge in [-0.15, -0.1) is 0 Å². The van der Waals surface area contributed by atoms with Crippen molar-refractivity contribution >= 4 is 34.3 Å². The predicted octanol–water partition coefficient (Wildman–Crippen LogP) is 5.41. The van der Waals surface area contributed by atoms with E-state index in [9.17, 15) is 0 Å². The van der Waals surface area contributed by atoms with Crippen LogP contribution in [0.3, 0.4) is 0 Å². The first kappa shape index (κ1) is 19.6. The Morgan fingerprint density at radius 1 is 1.23 bits per heavy atom. The first-order valence-electron chi connectivity index (χ1n) is 8.40. The Hall–Kier alpha value is -2.77. The van der Waals surface area contributed by atoms with E-state index in [1.165, 1.54) is 0 Å². The molecule has 0 aromatic heterocycles. The van der Waals surface area contributed by atoms with Gasteiger partial charge in [0.2, 0.25) is 0 Å². The zero-order valence-corrected chi connectivity index (χ0v) is 16.3. The number of nitrogens with one attached hydrogen (secondary N) is 1. The summed E-state index contributed by atoms with van der Waals surface area (Å²) in [6.07, 6.45) is 0. The number of nitrogens with two attached hydrogens (primary N) is 1. The van der Waals surface area contributed by atoms with Crippen molar-refractivity contribution < 1.29 is 0 Å². The molecule has 5 heteroatoms. The Kier molecular flexibility index (Phi) is 6.07. The molecule has 0 atom stereocenters. The summed E-state index contributed by atoms with van der Waals surface area (Å²) in [5.41, 5.74) is 12.2. The molecule has 2 rings (SSSR count). The molecule has 0 unspecified atom stereocenters. The van der Waals surface area contributed by atoms with E-state index in [0.717, 1.165) is 34.6 Å². The fraction of sp³-hybridized carbons (Fsp3) is 0.238. The average molecular weight is 367 g/mol. The van der Waals surface area contributed by atoms with E-state index in [-0.39, 0.29) is 0 Å². The Bertz CT molecular complexity index is 918. The lowest BCUT2D eigenvalue weighted by Gasteiger charge is -2.26. The van der Waals surface area contributed by atoms with Crippen LogP contribution in [0.4, 0.5) is 11.4 Å². The molecule has 0 aliphatic carbocycles. The van der Waals surface area contributed by atoms with Crippen LogP contribution in [0.15, 0.2) is 42.1 Å². The molecule has 0 aliphatic heterocycles. The molecule has 0 bridgehead atoms. The van der Waals surface area contributed by atoms with Crippen molar-refractivity contribution in [1.82, 2.24) is 0 Å². The molecule has 0 aliphatic rings. The molecule has 26 heavy (non-hydrogen) atoms. The van der Waals surface area contributed by atoms with Crippen LogP contribution in [0.1, 0.15) is 37.5 Å². The quantitative estimate of drug-likeness (QED) is 0.694. The van der Waals surface area contributed by atoms with Crippen molar-refractivity contribution in [3.8, 4) is 6.07 Å². The van der Waals surface area contributed by atoms with Crippen LogP contribution in [0.5, 0.6) is 0 Å². The number of nitriles is 1. The number of rotatable bonds is 5. The zero-order valence-electron chi connectivity index (χ0n) is 15.5.